The number of methoxy groups -OCH3 is 1. The molecule has 1 N–H and O–H groups in total. The zero-order valence-corrected chi connectivity index (χ0v) is 10.6. The Bertz CT molecular complexity index is 471. The van der Waals surface area contributed by atoms with Crippen LogP contribution in [-0.2, 0) is 11.3 Å². The smallest absolute Gasteiger partial charge is 0.160 e. The Morgan fingerprint density at radius 2 is 2.31 bits per heavy atom. The number of nitrogens with one attached hydrogen (secondary N) is 1. The van der Waals surface area contributed by atoms with Crippen LogP contribution in [0.3, 0.4) is 0 Å². The van der Waals surface area contributed by atoms with Gasteiger partial charge in [0.15, 0.2) is 11.5 Å². The molecule has 16 heavy (non-hydrogen) atoms. The second kappa shape index (κ2) is 5.38. The molecule has 0 aliphatic rings. The molecule has 0 aromatic carbocycles. The van der Waals surface area contributed by atoms with Crippen molar-refractivity contribution in [3.8, 4) is 0 Å². The van der Waals surface area contributed by atoms with Crippen LogP contribution < -0.4 is 5.32 Å². The van der Waals surface area contributed by atoms with Gasteiger partial charge in [0.2, 0.25) is 0 Å². The lowest BCUT2D eigenvalue weighted by Gasteiger charge is -2.02. The summed E-state index contributed by atoms with van der Waals surface area (Å²) < 4.78 is 7.93. The number of aromatic nitrogens is 3. The van der Waals surface area contributed by atoms with Gasteiger partial charge >= 0.3 is 0 Å². The minimum atomic E-state index is 0.682. The van der Waals surface area contributed by atoms with Crippen molar-refractivity contribution in [1.29, 1.82) is 0 Å². The Labute approximate surface area is 102 Å². The third-order valence-corrected chi connectivity index (χ3v) is 2.67. The van der Waals surface area contributed by atoms with Crippen LogP contribution in [0, 0.1) is 0 Å². The highest BCUT2D eigenvalue weighted by molar-refractivity contribution is 9.10. The van der Waals surface area contributed by atoms with Crippen molar-refractivity contribution in [3.63, 3.8) is 0 Å². The molecule has 86 valence electrons. The van der Waals surface area contributed by atoms with E-state index < -0.39 is 0 Å². The fourth-order valence-electron chi connectivity index (χ4n) is 1.41. The topological polar surface area (TPSA) is 51.5 Å². The molecule has 0 unspecified atom stereocenters. The minimum Gasteiger partial charge on any atom is -0.383 e. The van der Waals surface area contributed by atoms with Crippen LogP contribution in [0.25, 0.3) is 5.65 Å². The number of ether oxygens (including phenoxy) is 1. The molecule has 0 amide bonds. The molecule has 0 saturated heterocycles. The van der Waals surface area contributed by atoms with Gasteiger partial charge < -0.3 is 10.1 Å². The van der Waals surface area contributed by atoms with Gasteiger partial charge in [-0.05, 0) is 28.1 Å². The summed E-state index contributed by atoms with van der Waals surface area (Å²) >= 11 is 3.43. The SMILES string of the molecule is COCCNCc1nnc2ccc(Br)cn12. The van der Waals surface area contributed by atoms with Gasteiger partial charge in [-0.25, -0.2) is 0 Å². The number of nitrogens with zero attached hydrogens (tertiary/aromatic N) is 3. The molecule has 0 aliphatic heterocycles. The van der Waals surface area contributed by atoms with Gasteiger partial charge in [-0.1, -0.05) is 0 Å². The molecule has 0 fully saturated rings. The molecule has 0 atom stereocenters. The molecule has 2 aromatic rings. The first kappa shape index (κ1) is 11.5. The van der Waals surface area contributed by atoms with Gasteiger partial charge in [-0.2, -0.15) is 0 Å². The van der Waals surface area contributed by atoms with E-state index >= 15 is 0 Å². The standard InChI is InChI=1S/C10H13BrN4O/c1-16-5-4-12-6-10-14-13-9-3-2-8(11)7-15(9)10/h2-3,7,12H,4-6H2,1H3. The Kier molecular flexibility index (Phi) is 3.87. The molecule has 0 bridgehead atoms. The number of hydrogen-bond donors (Lipinski definition) is 1. The lowest BCUT2D eigenvalue weighted by Crippen LogP contribution is -2.20. The predicted octanol–water partition coefficient (Wildman–Crippen LogP) is 1.23. The van der Waals surface area contributed by atoms with E-state index in [2.05, 4.69) is 31.4 Å². The summed E-state index contributed by atoms with van der Waals surface area (Å²) in [6, 6.07) is 3.88. The maximum Gasteiger partial charge on any atom is 0.160 e. The number of fused-ring (bicyclic) bond motifs is 1. The summed E-state index contributed by atoms with van der Waals surface area (Å²) in [6.45, 7) is 2.18. The number of halogens is 1. The molecule has 2 rings (SSSR count). The molecule has 0 saturated carbocycles. The summed E-state index contributed by atoms with van der Waals surface area (Å²) in [4.78, 5) is 0. The highest BCUT2D eigenvalue weighted by atomic mass is 79.9. The van der Waals surface area contributed by atoms with Gasteiger partial charge in [0.05, 0.1) is 13.2 Å². The minimum absolute atomic E-state index is 0.682. The van der Waals surface area contributed by atoms with Gasteiger partial charge in [-0.15, -0.1) is 10.2 Å². The number of hydrogen-bond acceptors (Lipinski definition) is 4. The van der Waals surface area contributed by atoms with E-state index in [1.807, 2.05) is 22.7 Å². The first-order valence-electron chi connectivity index (χ1n) is 5.00. The lowest BCUT2D eigenvalue weighted by atomic mass is 10.4. The van der Waals surface area contributed by atoms with E-state index in [1.54, 1.807) is 7.11 Å². The zero-order chi connectivity index (χ0) is 11.4. The third kappa shape index (κ3) is 2.58. The lowest BCUT2D eigenvalue weighted by molar-refractivity contribution is 0.199. The summed E-state index contributed by atoms with van der Waals surface area (Å²) in [6.07, 6.45) is 1.96. The van der Waals surface area contributed by atoms with Crippen molar-refractivity contribution in [2.75, 3.05) is 20.3 Å². The van der Waals surface area contributed by atoms with Crippen LogP contribution in [-0.4, -0.2) is 34.9 Å². The molecule has 2 aromatic heterocycles. The molecule has 5 nitrogen and oxygen atoms in total. The highest BCUT2D eigenvalue weighted by Crippen LogP contribution is 2.11. The van der Waals surface area contributed by atoms with Crippen molar-refractivity contribution in [2.24, 2.45) is 0 Å². The largest absolute Gasteiger partial charge is 0.383 e. The first-order chi connectivity index (χ1) is 7.81. The summed E-state index contributed by atoms with van der Waals surface area (Å²) in [5, 5.41) is 11.4. The van der Waals surface area contributed by atoms with Crippen molar-refractivity contribution in [3.05, 3.63) is 28.6 Å². The highest BCUT2D eigenvalue weighted by Gasteiger charge is 2.04. The second-order valence-electron chi connectivity index (χ2n) is 3.36. The summed E-state index contributed by atoms with van der Waals surface area (Å²) in [7, 11) is 1.69. The third-order valence-electron chi connectivity index (χ3n) is 2.20. The molecule has 0 spiro atoms. The maximum atomic E-state index is 4.96. The molecule has 6 heteroatoms. The van der Waals surface area contributed by atoms with Crippen LogP contribution >= 0.6 is 15.9 Å². The van der Waals surface area contributed by atoms with Crippen molar-refractivity contribution in [2.45, 2.75) is 6.54 Å². The molecular formula is C10H13BrN4O. The van der Waals surface area contributed by atoms with Crippen LogP contribution in [0.4, 0.5) is 0 Å². The van der Waals surface area contributed by atoms with E-state index in [0.29, 0.717) is 13.2 Å². The second-order valence-corrected chi connectivity index (χ2v) is 4.28. The first-order valence-corrected chi connectivity index (χ1v) is 5.79. The molecular weight excluding hydrogens is 272 g/mol. The van der Waals surface area contributed by atoms with E-state index in [1.165, 1.54) is 0 Å². The summed E-state index contributed by atoms with van der Waals surface area (Å²) in [5.41, 5.74) is 0.853. The van der Waals surface area contributed by atoms with Crippen LogP contribution in [0.5, 0.6) is 0 Å². The fraction of sp³-hybridized carbons (Fsp3) is 0.400. The quantitative estimate of drug-likeness (QED) is 0.839. The summed E-state index contributed by atoms with van der Waals surface area (Å²) in [5.74, 6) is 0.896. The van der Waals surface area contributed by atoms with Crippen LogP contribution in [0.2, 0.25) is 0 Å². The van der Waals surface area contributed by atoms with Gasteiger partial charge in [0.25, 0.3) is 0 Å². The van der Waals surface area contributed by atoms with Crippen molar-refractivity contribution in [1.82, 2.24) is 19.9 Å². The average Bonchev–Trinajstić information content (AvgIpc) is 2.67. The van der Waals surface area contributed by atoms with Gasteiger partial charge in [0.1, 0.15) is 0 Å². The zero-order valence-electron chi connectivity index (χ0n) is 8.98. The monoisotopic (exact) mass is 284 g/mol. The van der Waals surface area contributed by atoms with Gasteiger partial charge in [0, 0.05) is 24.3 Å². The molecule has 0 aliphatic carbocycles. The number of pyridine rings is 1. The fourth-order valence-corrected chi connectivity index (χ4v) is 1.74. The molecule has 2 heterocycles. The average molecular weight is 285 g/mol. The van der Waals surface area contributed by atoms with Crippen LogP contribution in [0.1, 0.15) is 5.82 Å². The maximum absolute atomic E-state index is 4.96. The van der Waals surface area contributed by atoms with Gasteiger partial charge in [-0.3, -0.25) is 4.40 Å². The Balaban J connectivity index is 2.09. The predicted molar refractivity (Wildman–Crippen MR) is 64.3 cm³/mol. The number of rotatable bonds is 5. The Morgan fingerprint density at radius 3 is 3.12 bits per heavy atom. The Morgan fingerprint density at radius 1 is 1.44 bits per heavy atom. The van der Waals surface area contributed by atoms with Crippen LogP contribution in [0.15, 0.2) is 22.8 Å². The van der Waals surface area contributed by atoms with E-state index in [4.69, 9.17) is 4.74 Å². The molecule has 0 radical (unpaired) electrons. The van der Waals surface area contributed by atoms with E-state index in [9.17, 15) is 0 Å². The van der Waals surface area contributed by atoms with Crippen molar-refractivity contribution < 1.29 is 4.74 Å². The van der Waals surface area contributed by atoms with E-state index in [0.717, 1.165) is 22.5 Å². The normalized spacial score (nSPS) is 11.1. The van der Waals surface area contributed by atoms with Crippen molar-refractivity contribution >= 4 is 21.6 Å². The Hall–Kier alpha value is -0.980. The van der Waals surface area contributed by atoms with E-state index in [-0.39, 0.29) is 0 Å².